The van der Waals surface area contributed by atoms with Gasteiger partial charge in [0.2, 0.25) is 11.7 Å². The zero-order chi connectivity index (χ0) is 19.7. The fourth-order valence-corrected chi connectivity index (χ4v) is 3.17. The summed E-state index contributed by atoms with van der Waals surface area (Å²) < 4.78 is 18.4. The summed E-state index contributed by atoms with van der Waals surface area (Å²) in [4.78, 5) is 17.6. The number of amides is 1. The van der Waals surface area contributed by atoms with Crippen molar-refractivity contribution in [1.29, 1.82) is 0 Å². The number of rotatable bonds is 5. The van der Waals surface area contributed by atoms with Gasteiger partial charge in [-0.3, -0.25) is 9.78 Å². The third-order valence-corrected chi connectivity index (χ3v) is 4.70. The normalized spacial score (nSPS) is 15.7. The molecule has 0 radical (unpaired) electrons. The lowest BCUT2D eigenvalue weighted by molar-refractivity contribution is -0.125. The SMILES string of the molecule is C=CC(=O)N(C)CC1Oc2c(oc3ccccc23)C(Oc2cccnc2)=C1C. The second-order valence-electron chi connectivity index (χ2n) is 6.59. The molecule has 3 aromatic rings. The van der Waals surface area contributed by atoms with Crippen LogP contribution in [-0.4, -0.2) is 35.5 Å². The summed E-state index contributed by atoms with van der Waals surface area (Å²) in [7, 11) is 1.71. The lowest BCUT2D eigenvalue weighted by Gasteiger charge is -2.29. The third kappa shape index (κ3) is 3.13. The van der Waals surface area contributed by atoms with Gasteiger partial charge in [0.15, 0.2) is 11.5 Å². The van der Waals surface area contributed by atoms with Gasteiger partial charge in [0.1, 0.15) is 17.4 Å². The highest BCUT2D eigenvalue weighted by Gasteiger charge is 2.34. The van der Waals surface area contributed by atoms with Crippen molar-refractivity contribution in [2.24, 2.45) is 0 Å². The van der Waals surface area contributed by atoms with Crippen LogP contribution >= 0.6 is 0 Å². The largest absolute Gasteiger partial charge is 0.479 e. The summed E-state index contributed by atoms with van der Waals surface area (Å²) in [6.07, 6.45) is 4.23. The predicted molar refractivity (Wildman–Crippen MR) is 106 cm³/mol. The number of nitrogens with zero attached hydrogens (tertiary/aromatic N) is 2. The zero-order valence-electron chi connectivity index (χ0n) is 15.7. The monoisotopic (exact) mass is 376 g/mol. The van der Waals surface area contributed by atoms with E-state index in [2.05, 4.69) is 11.6 Å². The Labute approximate surface area is 162 Å². The second kappa shape index (κ2) is 7.23. The fraction of sp³-hybridized carbons (Fsp3) is 0.182. The number of carbonyl (C=O) groups is 1. The molecule has 4 rings (SSSR count). The topological polar surface area (TPSA) is 64.8 Å². The molecule has 0 aliphatic carbocycles. The molecular weight excluding hydrogens is 356 g/mol. The number of likely N-dealkylation sites (N-methyl/N-ethyl adjacent to an activating group) is 1. The van der Waals surface area contributed by atoms with Gasteiger partial charge in [-0.15, -0.1) is 0 Å². The fourth-order valence-electron chi connectivity index (χ4n) is 3.17. The number of pyridine rings is 1. The van der Waals surface area contributed by atoms with Crippen LogP contribution in [0, 0.1) is 0 Å². The molecule has 2 aromatic heterocycles. The van der Waals surface area contributed by atoms with Gasteiger partial charge in [-0.25, -0.2) is 0 Å². The Bertz CT molecular complexity index is 1070. The van der Waals surface area contributed by atoms with Gasteiger partial charge < -0.3 is 18.8 Å². The Morgan fingerprint density at radius 3 is 2.89 bits per heavy atom. The summed E-state index contributed by atoms with van der Waals surface area (Å²) in [5.41, 5.74) is 1.54. The van der Waals surface area contributed by atoms with Crippen molar-refractivity contribution in [3.63, 3.8) is 0 Å². The minimum absolute atomic E-state index is 0.172. The number of hydrogen-bond acceptors (Lipinski definition) is 5. The van der Waals surface area contributed by atoms with Gasteiger partial charge in [0.05, 0.1) is 18.1 Å². The van der Waals surface area contributed by atoms with E-state index in [1.165, 1.54) is 6.08 Å². The summed E-state index contributed by atoms with van der Waals surface area (Å²) in [6.45, 7) is 5.81. The smallest absolute Gasteiger partial charge is 0.245 e. The lowest BCUT2D eigenvalue weighted by atomic mass is 10.0. The van der Waals surface area contributed by atoms with Crippen LogP contribution in [0.1, 0.15) is 12.7 Å². The molecule has 1 aromatic carbocycles. The molecule has 1 atom stereocenters. The van der Waals surface area contributed by atoms with E-state index in [1.54, 1.807) is 30.4 Å². The zero-order valence-corrected chi connectivity index (χ0v) is 15.7. The number of hydrogen-bond donors (Lipinski definition) is 0. The molecule has 0 fully saturated rings. The first-order valence-electron chi connectivity index (χ1n) is 8.93. The maximum Gasteiger partial charge on any atom is 0.245 e. The van der Waals surface area contributed by atoms with E-state index in [1.807, 2.05) is 37.3 Å². The van der Waals surface area contributed by atoms with E-state index in [0.717, 1.165) is 11.0 Å². The standard InChI is InChI=1S/C22H20N2O4/c1-4-19(25)24(3)13-18-14(2)20(26-15-8-7-11-23-12-15)22-21(28-18)16-9-5-6-10-17(16)27-22/h4-12,18H,1,13H2,2-3H3. The van der Waals surface area contributed by atoms with Crippen molar-refractivity contribution >= 4 is 22.6 Å². The molecular formula is C22H20N2O4. The van der Waals surface area contributed by atoms with Crippen molar-refractivity contribution in [2.75, 3.05) is 13.6 Å². The molecule has 0 spiro atoms. The van der Waals surface area contributed by atoms with Crippen LogP contribution in [0.25, 0.3) is 16.7 Å². The molecule has 28 heavy (non-hydrogen) atoms. The van der Waals surface area contributed by atoms with Crippen LogP contribution in [0.15, 0.2) is 71.4 Å². The molecule has 0 saturated carbocycles. The van der Waals surface area contributed by atoms with Gasteiger partial charge in [-0.05, 0) is 37.3 Å². The van der Waals surface area contributed by atoms with E-state index in [4.69, 9.17) is 13.9 Å². The number of fused-ring (bicyclic) bond motifs is 3. The van der Waals surface area contributed by atoms with E-state index < -0.39 is 0 Å². The Hall–Kier alpha value is -3.54. The Morgan fingerprint density at radius 2 is 2.14 bits per heavy atom. The maximum atomic E-state index is 12.0. The van der Waals surface area contributed by atoms with Crippen molar-refractivity contribution < 1.29 is 18.7 Å². The molecule has 6 heteroatoms. The van der Waals surface area contributed by atoms with Crippen molar-refractivity contribution in [3.8, 4) is 11.5 Å². The first kappa shape index (κ1) is 17.9. The molecule has 1 aliphatic heterocycles. The van der Waals surface area contributed by atoms with E-state index >= 15 is 0 Å². The number of ether oxygens (including phenoxy) is 2. The molecule has 1 aliphatic rings. The Balaban J connectivity index is 1.79. The minimum atomic E-state index is -0.380. The highest BCUT2D eigenvalue weighted by atomic mass is 16.5. The van der Waals surface area contributed by atoms with Crippen LogP contribution in [0.2, 0.25) is 0 Å². The molecule has 0 bridgehead atoms. The highest BCUT2D eigenvalue weighted by molar-refractivity contribution is 5.91. The molecule has 142 valence electrons. The maximum absolute atomic E-state index is 12.0. The number of carbonyl (C=O) groups excluding carboxylic acids is 1. The number of aromatic nitrogens is 1. The Kier molecular flexibility index (Phi) is 4.61. The van der Waals surface area contributed by atoms with Crippen LogP contribution in [0.5, 0.6) is 11.5 Å². The Morgan fingerprint density at radius 1 is 1.32 bits per heavy atom. The molecule has 0 N–H and O–H groups in total. The summed E-state index contributed by atoms with van der Waals surface area (Å²) in [5.74, 6) is 2.16. The van der Waals surface area contributed by atoms with Crippen molar-refractivity contribution in [1.82, 2.24) is 9.88 Å². The summed E-state index contributed by atoms with van der Waals surface area (Å²) in [6, 6.07) is 11.3. The average molecular weight is 376 g/mol. The first-order valence-corrected chi connectivity index (χ1v) is 8.93. The summed E-state index contributed by atoms with van der Waals surface area (Å²) >= 11 is 0. The van der Waals surface area contributed by atoms with Crippen LogP contribution in [0.4, 0.5) is 0 Å². The van der Waals surface area contributed by atoms with Gasteiger partial charge >= 0.3 is 0 Å². The predicted octanol–water partition coefficient (Wildman–Crippen LogP) is 4.04. The first-order chi connectivity index (χ1) is 13.6. The van der Waals surface area contributed by atoms with Crippen molar-refractivity contribution in [3.05, 3.63) is 72.8 Å². The van der Waals surface area contributed by atoms with Crippen LogP contribution < -0.4 is 9.47 Å². The number of benzene rings is 1. The number of furan rings is 1. The summed E-state index contributed by atoms with van der Waals surface area (Å²) in [5, 5.41) is 0.861. The molecule has 0 saturated heterocycles. The van der Waals surface area contributed by atoms with E-state index in [-0.39, 0.29) is 12.0 Å². The minimum Gasteiger partial charge on any atom is -0.479 e. The van der Waals surface area contributed by atoms with Gasteiger partial charge in [0, 0.05) is 18.8 Å². The van der Waals surface area contributed by atoms with E-state index in [0.29, 0.717) is 35.1 Å². The van der Waals surface area contributed by atoms with Crippen LogP contribution in [0.3, 0.4) is 0 Å². The van der Waals surface area contributed by atoms with Gasteiger partial charge in [0.25, 0.3) is 0 Å². The molecule has 3 heterocycles. The lowest BCUT2D eigenvalue weighted by Crippen LogP contribution is -2.38. The van der Waals surface area contributed by atoms with Crippen molar-refractivity contribution in [2.45, 2.75) is 13.0 Å². The number of para-hydroxylation sites is 1. The third-order valence-electron chi connectivity index (χ3n) is 4.70. The molecule has 1 amide bonds. The van der Waals surface area contributed by atoms with Gasteiger partial charge in [-0.2, -0.15) is 0 Å². The molecule has 6 nitrogen and oxygen atoms in total. The highest BCUT2D eigenvalue weighted by Crippen LogP contribution is 2.43. The van der Waals surface area contributed by atoms with Crippen LogP contribution in [-0.2, 0) is 4.79 Å². The quantitative estimate of drug-likeness (QED) is 0.629. The van der Waals surface area contributed by atoms with E-state index in [9.17, 15) is 4.79 Å². The second-order valence-corrected chi connectivity index (χ2v) is 6.59. The molecule has 1 unspecified atom stereocenters. The van der Waals surface area contributed by atoms with Gasteiger partial charge in [-0.1, -0.05) is 18.7 Å². The average Bonchev–Trinajstić information content (AvgIpc) is 3.09.